The molecule has 0 radical (unpaired) electrons. The molecule has 19 heavy (non-hydrogen) atoms. The van der Waals surface area contributed by atoms with Crippen molar-refractivity contribution >= 4 is 27.3 Å². The summed E-state index contributed by atoms with van der Waals surface area (Å²) in [7, 11) is 4.44. The van der Waals surface area contributed by atoms with Gasteiger partial charge >= 0.3 is 0 Å². The Morgan fingerprint density at radius 2 is 2.11 bits per heavy atom. The molecule has 0 amide bonds. The van der Waals surface area contributed by atoms with Crippen LogP contribution in [0.5, 0.6) is 0 Å². The van der Waals surface area contributed by atoms with Gasteiger partial charge in [0, 0.05) is 26.8 Å². The highest BCUT2D eigenvalue weighted by Gasteiger charge is 2.29. The van der Waals surface area contributed by atoms with E-state index in [-0.39, 0.29) is 6.04 Å². The molecule has 2 atom stereocenters. The molecule has 1 aliphatic rings. The van der Waals surface area contributed by atoms with Gasteiger partial charge in [0.25, 0.3) is 0 Å². The number of halogens is 1. The molecule has 2 N–H and O–H groups in total. The lowest BCUT2D eigenvalue weighted by molar-refractivity contribution is 0.0984. The minimum Gasteiger partial charge on any atom is -0.326 e. The van der Waals surface area contributed by atoms with Gasteiger partial charge in [0.05, 0.1) is 6.04 Å². The third kappa shape index (κ3) is 3.79. The molecule has 1 saturated heterocycles. The molecule has 2 heterocycles. The van der Waals surface area contributed by atoms with Crippen LogP contribution in [0.1, 0.15) is 30.7 Å². The fourth-order valence-corrected chi connectivity index (χ4v) is 4.65. The van der Waals surface area contributed by atoms with Crippen LogP contribution in [0.15, 0.2) is 15.9 Å². The first-order valence-corrected chi connectivity index (χ1v) is 8.56. The quantitative estimate of drug-likeness (QED) is 0.910. The first-order valence-electron chi connectivity index (χ1n) is 6.89. The third-order valence-electron chi connectivity index (χ3n) is 4.08. The van der Waals surface area contributed by atoms with Gasteiger partial charge in [-0.3, -0.25) is 4.90 Å². The molecular formula is C14H24BrN3S. The van der Waals surface area contributed by atoms with Crippen molar-refractivity contribution in [3.8, 4) is 0 Å². The lowest BCUT2D eigenvalue weighted by Gasteiger charge is -2.40. The van der Waals surface area contributed by atoms with E-state index in [0.717, 1.165) is 4.47 Å². The topological polar surface area (TPSA) is 32.5 Å². The van der Waals surface area contributed by atoms with E-state index in [1.165, 1.54) is 30.8 Å². The smallest absolute Gasteiger partial charge is 0.0591 e. The van der Waals surface area contributed by atoms with Crippen molar-refractivity contribution in [2.45, 2.75) is 37.9 Å². The summed E-state index contributed by atoms with van der Waals surface area (Å²) in [6.07, 6.45) is 2.48. The van der Waals surface area contributed by atoms with E-state index in [0.29, 0.717) is 12.1 Å². The number of likely N-dealkylation sites (N-methyl/N-ethyl adjacent to an activating group) is 1. The van der Waals surface area contributed by atoms with E-state index in [9.17, 15) is 0 Å². The summed E-state index contributed by atoms with van der Waals surface area (Å²) in [5.41, 5.74) is 6.25. The maximum Gasteiger partial charge on any atom is 0.0591 e. The number of hydrogen-bond donors (Lipinski definition) is 1. The van der Waals surface area contributed by atoms with E-state index >= 15 is 0 Å². The zero-order valence-corrected chi connectivity index (χ0v) is 14.4. The van der Waals surface area contributed by atoms with E-state index in [1.807, 2.05) is 0 Å². The highest BCUT2D eigenvalue weighted by molar-refractivity contribution is 9.10. The average molecular weight is 346 g/mol. The van der Waals surface area contributed by atoms with Crippen molar-refractivity contribution in [2.75, 3.05) is 27.2 Å². The monoisotopic (exact) mass is 345 g/mol. The molecule has 0 spiro atoms. The number of thiophene rings is 1. The molecule has 1 aliphatic heterocycles. The summed E-state index contributed by atoms with van der Waals surface area (Å²) in [6.45, 7) is 4.49. The van der Waals surface area contributed by atoms with Gasteiger partial charge in [0.1, 0.15) is 0 Å². The molecule has 108 valence electrons. The van der Waals surface area contributed by atoms with Crippen LogP contribution >= 0.6 is 27.3 Å². The van der Waals surface area contributed by atoms with Gasteiger partial charge in [-0.1, -0.05) is 0 Å². The van der Waals surface area contributed by atoms with Crippen LogP contribution in [0.4, 0.5) is 0 Å². The summed E-state index contributed by atoms with van der Waals surface area (Å²) in [4.78, 5) is 6.27. The summed E-state index contributed by atoms with van der Waals surface area (Å²) < 4.78 is 1.16. The van der Waals surface area contributed by atoms with E-state index in [4.69, 9.17) is 5.73 Å². The van der Waals surface area contributed by atoms with Gasteiger partial charge in [-0.25, -0.2) is 0 Å². The van der Waals surface area contributed by atoms with Gasteiger partial charge in [-0.2, -0.15) is 0 Å². The Labute approximate surface area is 128 Å². The van der Waals surface area contributed by atoms with Gasteiger partial charge in [-0.05, 0) is 68.9 Å². The molecule has 0 bridgehead atoms. The summed E-state index contributed by atoms with van der Waals surface area (Å²) in [5, 5.41) is 2.15. The Morgan fingerprint density at radius 1 is 1.47 bits per heavy atom. The molecule has 0 aliphatic carbocycles. The standard InChI is InChI=1S/C14H24BrN3S/c1-10(16)14(13-8-11(15)9-19-13)18(3)12-4-6-17(2)7-5-12/h8-10,12,14H,4-7,16H2,1-3H3. The third-order valence-corrected chi connectivity index (χ3v) is 5.84. The van der Waals surface area contributed by atoms with E-state index < -0.39 is 0 Å². The van der Waals surface area contributed by atoms with Crippen LogP contribution in [0.25, 0.3) is 0 Å². The summed E-state index contributed by atoms with van der Waals surface area (Å²) in [6, 6.07) is 3.33. The molecule has 0 saturated carbocycles. The van der Waals surface area contributed by atoms with Crippen LogP contribution < -0.4 is 5.73 Å². The normalized spacial score (nSPS) is 21.8. The largest absolute Gasteiger partial charge is 0.326 e. The maximum absolute atomic E-state index is 6.25. The second-order valence-electron chi connectivity index (χ2n) is 5.67. The van der Waals surface area contributed by atoms with Crippen molar-refractivity contribution in [1.29, 1.82) is 0 Å². The maximum atomic E-state index is 6.25. The van der Waals surface area contributed by atoms with Crippen molar-refractivity contribution < 1.29 is 0 Å². The van der Waals surface area contributed by atoms with Crippen molar-refractivity contribution in [3.05, 3.63) is 20.8 Å². The van der Waals surface area contributed by atoms with Crippen LogP contribution in [0, 0.1) is 0 Å². The lowest BCUT2D eigenvalue weighted by atomic mass is 9.99. The Balaban J connectivity index is 2.10. The number of nitrogens with two attached hydrogens (primary N) is 1. The Bertz CT molecular complexity index is 399. The number of hydrogen-bond acceptors (Lipinski definition) is 4. The second kappa shape index (κ2) is 6.68. The minimum absolute atomic E-state index is 0.148. The molecule has 5 heteroatoms. The van der Waals surface area contributed by atoms with Gasteiger partial charge in [0.15, 0.2) is 0 Å². The van der Waals surface area contributed by atoms with E-state index in [1.54, 1.807) is 11.3 Å². The summed E-state index contributed by atoms with van der Waals surface area (Å²) in [5.74, 6) is 0. The highest BCUT2D eigenvalue weighted by atomic mass is 79.9. The van der Waals surface area contributed by atoms with Crippen LogP contribution in [0.3, 0.4) is 0 Å². The van der Waals surface area contributed by atoms with Crippen molar-refractivity contribution in [3.63, 3.8) is 0 Å². The average Bonchev–Trinajstić information content (AvgIpc) is 2.76. The molecule has 2 unspecified atom stereocenters. The van der Waals surface area contributed by atoms with Crippen LogP contribution in [0.2, 0.25) is 0 Å². The number of likely N-dealkylation sites (tertiary alicyclic amines) is 1. The number of piperidine rings is 1. The Kier molecular flexibility index (Phi) is 5.43. The molecule has 2 rings (SSSR count). The highest BCUT2D eigenvalue weighted by Crippen LogP contribution is 2.33. The first-order chi connectivity index (χ1) is 8.99. The fraction of sp³-hybridized carbons (Fsp3) is 0.714. The Morgan fingerprint density at radius 3 is 2.58 bits per heavy atom. The number of nitrogens with zero attached hydrogens (tertiary/aromatic N) is 2. The van der Waals surface area contributed by atoms with Crippen LogP contribution in [-0.2, 0) is 0 Å². The predicted molar refractivity (Wildman–Crippen MR) is 86.7 cm³/mol. The predicted octanol–water partition coefficient (Wildman–Crippen LogP) is 2.92. The zero-order valence-electron chi connectivity index (χ0n) is 12.0. The lowest BCUT2D eigenvalue weighted by Crippen LogP contribution is -2.47. The summed E-state index contributed by atoms with van der Waals surface area (Å²) >= 11 is 5.35. The molecule has 1 fully saturated rings. The molecule has 3 nitrogen and oxygen atoms in total. The molecule has 1 aromatic heterocycles. The second-order valence-corrected chi connectivity index (χ2v) is 7.53. The van der Waals surface area contributed by atoms with E-state index in [2.05, 4.69) is 58.2 Å². The SMILES string of the molecule is CC(N)C(c1cc(Br)cs1)N(C)C1CCN(C)CC1. The molecule has 1 aromatic rings. The zero-order chi connectivity index (χ0) is 14.0. The fourth-order valence-electron chi connectivity index (χ4n) is 2.94. The van der Waals surface area contributed by atoms with Crippen molar-refractivity contribution in [2.24, 2.45) is 5.73 Å². The molecular weight excluding hydrogens is 322 g/mol. The van der Waals surface area contributed by atoms with Gasteiger partial charge in [0.2, 0.25) is 0 Å². The minimum atomic E-state index is 0.148. The first kappa shape index (κ1) is 15.4. The van der Waals surface area contributed by atoms with Gasteiger partial charge in [-0.15, -0.1) is 11.3 Å². The van der Waals surface area contributed by atoms with Gasteiger partial charge < -0.3 is 10.6 Å². The number of rotatable bonds is 4. The molecule has 0 aromatic carbocycles. The van der Waals surface area contributed by atoms with Crippen LogP contribution in [-0.4, -0.2) is 49.1 Å². The van der Waals surface area contributed by atoms with Crippen molar-refractivity contribution in [1.82, 2.24) is 9.80 Å². The Hall–Kier alpha value is 0.0600.